The maximum atomic E-state index is 15.7. The fourth-order valence-corrected chi connectivity index (χ4v) is 4.99. The van der Waals surface area contributed by atoms with Crippen LogP contribution >= 0.6 is 11.6 Å². The zero-order valence-corrected chi connectivity index (χ0v) is 22.5. The Morgan fingerprint density at radius 1 is 1.12 bits per heavy atom. The Labute approximate surface area is 235 Å². The van der Waals surface area contributed by atoms with Crippen molar-refractivity contribution in [2.24, 2.45) is 11.7 Å². The molecule has 4 aromatic rings. The van der Waals surface area contributed by atoms with Crippen molar-refractivity contribution in [1.29, 1.82) is 0 Å². The molecule has 0 amide bonds. The van der Waals surface area contributed by atoms with Crippen molar-refractivity contribution in [2.45, 2.75) is 12.8 Å². The fraction of sp³-hybridized carbons (Fsp3) is 0.241. The Morgan fingerprint density at radius 3 is 2.75 bits per heavy atom. The number of piperidine rings is 1. The standard InChI is InChI=1S/C29H27ClF2N6O2/c1-39-26-14-21(31)5-7-24(26)40-25-6-4-19(28(27(25)30)38-12-2-3-18(15-33)17-38)13-22(32)29-34-10-9-23(37-29)20-8-11-35-36-16-20/h4-11,13-14,16,18H,2-3,12,15,17,33H2,1H3/b22-13-. The molecule has 8 nitrogen and oxygen atoms in total. The third-order valence-corrected chi connectivity index (χ3v) is 7.02. The van der Waals surface area contributed by atoms with Gasteiger partial charge in [0.25, 0.3) is 0 Å². The van der Waals surface area contributed by atoms with Gasteiger partial charge in [0, 0.05) is 36.5 Å². The molecule has 1 aliphatic heterocycles. The van der Waals surface area contributed by atoms with E-state index < -0.39 is 11.6 Å². The maximum absolute atomic E-state index is 15.7. The van der Waals surface area contributed by atoms with Crippen LogP contribution in [0.3, 0.4) is 0 Å². The summed E-state index contributed by atoms with van der Waals surface area (Å²) in [7, 11) is 1.42. The molecule has 206 valence electrons. The first-order valence-electron chi connectivity index (χ1n) is 12.7. The van der Waals surface area contributed by atoms with E-state index in [1.807, 2.05) is 0 Å². The second-order valence-corrected chi connectivity index (χ2v) is 9.67. The molecular weight excluding hydrogens is 538 g/mol. The lowest BCUT2D eigenvalue weighted by molar-refractivity contribution is 0.375. The summed E-state index contributed by atoms with van der Waals surface area (Å²) in [5, 5.41) is 7.90. The van der Waals surface area contributed by atoms with Crippen LogP contribution in [0.5, 0.6) is 17.2 Å². The Morgan fingerprint density at radius 2 is 1.98 bits per heavy atom. The van der Waals surface area contributed by atoms with Crippen LogP contribution in [0, 0.1) is 11.7 Å². The summed E-state index contributed by atoms with van der Waals surface area (Å²) in [6.45, 7) is 1.90. The molecule has 1 aliphatic rings. The van der Waals surface area contributed by atoms with E-state index in [1.54, 1.807) is 30.5 Å². The second kappa shape index (κ2) is 12.4. The minimum atomic E-state index is -0.637. The summed E-state index contributed by atoms with van der Waals surface area (Å²) in [6.07, 6.45) is 7.84. The number of anilines is 1. The van der Waals surface area contributed by atoms with Gasteiger partial charge in [-0.1, -0.05) is 11.6 Å². The van der Waals surface area contributed by atoms with Crippen molar-refractivity contribution >= 4 is 29.2 Å². The number of rotatable bonds is 8. The van der Waals surface area contributed by atoms with Gasteiger partial charge in [-0.25, -0.2) is 18.7 Å². The molecule has 40 heavy (non-hydrogen) atoms. The number of hydrogen-bond donors (Lipinski definition) is 1. The first-order valence-corrected chi connectivity index (χ1v) is 13.1. The molecule has 1 atom stereocenters. The highest BCUT2D eigenvalue weighted by Crippen LogP contribution is 2.44. The number of nitrogens with two attached hydrogens (primary N) is 1. The van der Waals surface area contributed by atoms with Crippen LogP contribution in [0.4, 0.5) is 14.5 Å². The second-order valence-electron chi connectivity index (χ2n) is 9.29. The SMILES string of the molecule is COc1cc(F)ccc1Oc1ccc(/C=C(\F)c2nccc(-c3ccnnc3)n2)c(N2CCCC(CN)C2)c1Cl. The molecule has 2 aromatic carbocycles. The van der Waals surface area contributed by atoms with E-state index in [9.17, 15) is 4.39 Å². The van der Waals surface area contributed by atoms with Gasteiger partial charge in [-0.3, -0.25) is 0 Å². The normalized spacial score (nSPS) is 15.7. The molecule has 0 radical (unpaired) electrons. The van der Waals surface area contributed by atoms with Crippen LogP contribution in [0.1, 0.15) is 24.2 Å². The first-order chi connectivity index (χ1) is 19.5. The Kier molecular flexibility index (Phi) is 8.47. The number of benzene rings is 2. The van der Waals surface area contributed by atoms with E-state index in [-0.39, 0.29) is 22.5 Å². The van der Waals surface area contributed by atoms with Gasteiger partial charge in [0.15, 0.2) is 23.2 Å². The summed E-state index contributed by atoms with van der Waals surface area (Å²) in [4.78, 5) is 10.6. The highest BCUT2D eigenvalue weighted by Gasteiger charge is 2.25. The molecule has 0 spiro atoms. The van der Waals surface area contributed by atoms with E-state index in [1.165, 1.54) is 43.8 Å². The predicted octanol–water partition coefficient (Wildman–Crippen LogP) is 6.17. The summed E-state index contributed by atoms with van der Waals surface area (Å²) < 4.78 is 40.7. The zero-order chi connectivity index (χ0) is 28.1. The summed E-state index contributed by atoms with van der Waals surface area (Å²) in [5.74, 6) is -0.0799. The lowest BCUT2D eigenvalue weighted by Gasteiger charge is -2.35. The van der Waals surface area contributed by atoms with Gasteiger partial charge < -0.3 is 20.1 Å². The summed E-state index contributed by atoms with van der Waals surface area (Å²) in [6, 6.07) is 10.7. The smallest absolute Gasteiger partial charge is 0.189 e. The summed E-state index contributed by atoms with van der Waals surface area (Å²) >= 11 is 6.94. The minimum Gasteiger partial charge on any atom is -0.493 e. The Balaban J connectivity index is 1.55. The van der Waals surface area contributed by atoms with Crippen LogP contribution in [0.2, 0.25) is 5.02 Å². The topological polar surface area (TPSA) is 99.3 Å². The monoisotopic (exact) mass is 564 g/mol. The highest BCUT2D eigenvalue weighted by molar-refractivity contribution is 6.35. The third kappa shape index (κ3) is 6.03. The van der Waals surface area contributed by atoms with Crippen molar-refractivity contribution in [2.75, 3.05) is 31.6 Å². The molecule has 1 fully saturated rings. The molecule has 2 N–H and O–H groups in total. The number of halogens is 3. The number of hydrogen-bond acceptors (Lipinski definition) is 8. The minimum absolute atomic E-state index is 0.0776. The van der Waals surface area contributed by atoms with Crippen molar-refractivity contribution in [1.82, 2.24) is 20.2 Å². The number of methoxy groups -OCH3 is 1. The molecule has 0 bridgehead atoms. The van der Waals surface area contributed by atoms with Crippen LogP contribution in [-0.2, 0) is 0 Å². The molecule has 1 unspecified atom stereocenters. The van der Waals surface area contributed by atoms with Crippen LogP contribution < -0.4 is 20.1 Å². The molecule has 1 saturated heterocycles. The molecular formula is C29H27ClF2N6O2. The van der Waals surface area contributed by atoms with E-state index in [4.69, 9.17) is 26.8 Å². The van der Waals surface area contributed by atoms with Crippen LogP contribution in [0.15, 0.2) is 61.1 Å². The van der Waals surface area contributed by atoms with Gasteiger partial charge in [-0.05, 0) is 67.8 Å². The third-order valence-electron chi connectivity index (χ3n) is 6.66. The van der Waals surface area contributed by atoms with E-state index in [0.717, 1.165) is 12.8 Å². The first kappa shape index (κ1) is 27.4. The molecule has 11 heteroatoms. The zero-order valence-electron chi connectivity index (χ0n) is 21.7. The van der Waals surface area contributed by atoms with Crippen LogP contribution in [-0.4, -0.2) is 46.9 Å². The van der Waals surface area contributed by atoms with Crippen LogP contribution in [0.25, 0.3) is 23.2 Å². The lowest BCUT2D eigenvalue weighted by Crippen LogP contribution is -2.38. The van der Waals surface area contributed by atoms with Gasteiger partial charge in [0.2, 0.25) is 0 Å². The molecule has 2 aromatic heterocycles. The van der Waals surface area contributed by atoms with Crippen molar-refractivity contribution < 1.29 is 18.3 Å². The largest absolute Gasteiger partial charge is 0.493 e. The van der Waals surface area contributed by atoms with E-state index in [0.29, 0.717) is 53.6 Å². The Hall–Kier alpha value is -4.15. The quantitative estimate of drug-likeness (QED) is 0.271. The lowest BCUT2D eigenvalue weighted by atomic mass is 9.97. The van der Waals surface area contributed by atoms with Crippen molar-refractivity contribution in [3.63, 3.8) is 0 Å². The van der Waals surface area contributed by atoms with Gasteiger partial charge >= 0.3 is 0 Å². The van der Waals surface area contributed by atoms with Gasteiger partial charge in [0.1, 0.15) is 16.6 Å². The molecule has 5 rings (SSSR count). The van der Waals surface area contributed by atoms with Gasteiger partial charge in [-0.15, -0.1) is 0 Å². The fourth-order valence-electron chi connectivity index (χ4n) is 4.66. The maximum Gasteiger partial charge on any atom is 0.189 e. The average Bonchev–Trinajstić information content (AvgIpc) is 2.99. The van der Waals surface area contributed by atoms with Gasteiger partial charge in [0.05, 0.1) is 30.9 Å². The summed E-state index contributed by atoms with van der Waals surface area (Å²) in [5.41, 5.74) is 8.32. The number of nitrogens with zero attached hydrogens (tertiary/aromatic N) is 5. The average molecular weight is 565 g/mol. The Bertz CT molecular complexity index is 1520. The molecule has 3 heterocycles. The predicted molar refractivity (Wildman–Crippen MR) is 151 cm³/mol. The van der Waals surface area contributed by atoms with Crippen molar-refractivity contribution in [3.05, 3.63) is 83.3 Å². The van der Waals surface area contributed by atoms with Crippen molar-refractivity contribution in [3.8, 4) is 28.5 Å². The van der Waals surface area contributed by atoms with Gasteiger partial charge in [-0.2, -0.15) is 10.2 Å². The van der Waals surface area contributed by atoms with E-state index in [2.05, 4.69) is 25.1 Å². The molecule has 0 aliphatic carbocycles. The van der Waals surface area contributed by atoms with E-state index >= 15 is 4.39 Å². The number of aromatic nitrogens is 4. The number of ether oxygens (including phenoxy) is 2. The molecule has 0 saturated carbocycles. The highest BCUT2D eigenvalue weighted by atomic mass is 35.5.